The average Bonchev–Trinajstić information content (AvgIpc) is 3.59. The van der Waals surface area contributed by atoms with Gasteiger partial charge in [-0.1, -0.05) is 53.8 Å². The third-order valence-corrected chi connectivity index (χ3v) is 8.65. The summed E-state index contributed by atoms with van der Waals surface area (Å²) in [5, 5.41) is 0.889. The highest BCUT2D eigenvalue weighted by Crippen LogP contribution is 2.36. The molecule has 0 radical (unpaired) electrons. The van der Waals surface area contributed by atoms with Crippen LogP contribution < -0.4 is 25.2 Å². The van der Waals surface area contributed by atoms with Crippen molar-refractivity contribution in [2.45, 2.75) is 50.1 Å². The van der Waals surface area contributed by atoms with E-state index in [9.17, 15) is 14.4 Å². The van der Waals surface area contributed by atoms with Gasteiger partial charge in [0.1, 0.15) is 11.5 Å². The highest BCUT2D eigenvalue weighted by atomic mass is 32.2. The lowest BCUT2D eigenvalue weighted by Gasteiger charge is -2.26. The van der Waals surface area contributed by atoms with Crippen molar-refractivity contribution in [1.29, 1.82) is 0 Å². The van der Waals surface area contributed by atoms with E-state index in [4.69, 9.17) is 18.9 Å². The first-order valence-electron chi connectivity index (χ1n) is 14.6. The molecule has 0 aliphatic carbocycles. The van der Waals surface area contributed by atoms with E-state index in [0.717, 1.165) is 5.56 Å². The Balaban J connectivity index is 1.49. The van der Waals surface area contributed by atoms with Gasteiger partial charge in [-0.25, -0.2) is 14.8 Å². The topological polar surface area (TPSA) is 129 Å². The molecule has 0 saturated heterocycles. The predicted molar refractivity (Wildman–Crippen MR) is 176 cm³/mol. The van der Waals surface area contributed by atoms with Crippen LogP contribution in [-0.4, -0.2) is 33.2 Å². The van der Waals surface area contributed by atoms with Gasteiger partial charge in [-0.3, -0.25) is 14.2 Å². The molecule has 6 rings (SSSR count). The lowest BCUT2D eigenvalue weighted by Crippen LogP contribution is -2.40. The number of aryl methyl sites for hydroxylation is 1. The molecule has 1 aliphatic heterocycles. The zero-order chi connectivity index (χ0) is 32.4. The van der Waals surface area contributed by atoms with Crippen molar-refractivity contribution in [1.82, 2.24) is 14.5 Å². The van der Waals surface area contributed by atoms with Crippen LogP contribution in [0.1, 0.15) is 49.4 Å². The Labute approximate surface area is 271 Å². The smallest absolute Gasteiger partial charge is 0.338 e. The first-order valence-corrected chi connectivity index (χ1v) is 16.2. The number of carbonyl (C=O) groups is 1. The Kier molecular flexibility index (Phi) is 8.91. The molecule has 1 N–H and O–H groups in total. The largest absolute Gasteiger partial charge is 0.491 e. The molecule has 46 heavy (non-hydrogen) atoms. The Morgan fingerprint density at radius 3 is 2.57 bits per heavy atom. The van der Waals surface area contributed by atoms with Gasteiger partial charge in [-0.05, 0) is 69.3 Å². The van der Waals surface area contributed by atoms with Gasteiger partial charge in [0.2, 0.25) is 0 Å². The predicted octanol–water partition coefficient (Wildman–Crippen LogP) is 4.86. The summed E-state index contributed by atoms with van der Waals surface area (Å²) in [6, 6.07) is 20.8. The molecule has 234 valence electrons. The summed E-state index contributed by atoms with van der Waals surface area (Å²) in [4.78, 5) is 52.0. The summed E-state index contributed by atoms with van der Waals surface area (Å²) >= 11 is 2.37. The second kappa shape index (κ2) is 13.2. The standard InChI is InChI=1S/C34H30N4O6S2/c1-5-42-32(41)28-29(21-9-7-6-8-10-21)37-34-38(30(28)22-11-13-23(14-12-22)43-19(2)3)31(40)25(45-34)18-24-15-16-27(44-24)46-33-35-20(4)17-26(39)36-33/h6-19,30H,5H2,1-4H3,(H,35,36,39)/b25-18-/t30-/m1/s1. The number of hydrogen-bond acceptors (Lipinski definition) is 10. The van der Waals surface area contributed by atoms with Crippen molar-refractivity contribution >= 4 is 40.8 Å². The van der Waals surface area contributed by atoms with Gasteiger partial charge >= 0.3 is 5.97 Å². The number of aromatic amines is 1. The maximum Gasteiger partial charge on any atom is 0.338 e. The normalized spacial score (nSPS) is 14.7. The number of esters is 1. The van der Waals surface area contributed by atoms with Gasteiger partial charge in [0.05, 0.1) is 34.6 Å². The summed E-state index contributed by atoms with van der Waals surface area (Å²) in [5.41, 5.74) is 2.14. The first kappa shape index (κ1) is 31.1. The van der Waals surface area contributed by atoms with Gasteiger partial charge in [0, 0.05) is 23.4 Å². The zero-order valence-electron chi connectivity index (χ0n) is 25.5. The van der Waals surface area contributed by atoms with E-state index < -0.39 is 12.0 Å². The fourth-order valence-electron chi connectivity index (χ4n) is 5.05. The number of furan rings is 1. The molecule has 1 atom stereocenters. The van der Waals surface area contributed by atoms with Crippen LogP contribution in [0, 0.1) is 6.92 Å². The minimum Gasteiger partial charge on any atom is -0.491 e. The number of ether oxygens (including phenoxy) is 2. The van der Waals surface area contributed by atoms with Crippen molar-refractivity contribution in [3.8, 4) is 5.75 Å². The van der Waals surface area contributed by atoms with E-state index in [2.05, 4.69) is 9.97 Å². The molecule has 4 heterocycles. The van der Waals surface area contributed by atoms with Crippen LogP contribution in [-0.2, 0) is 9.53 Å². The number of hydrogen-bond donors (Lipinski definition) is 1. The Bertz CT molecular complexity index is 2180. The molecule has 5 aromatic rings. The molecule has 0 unspecified atom stereocenters. The number of nitrogens with one attached hydrogen (secondary N) is 1. The first-order chi connectivity index (χ1) is 22.2. The summed E-state index contributed by atoms with van der Waals surface area (Å²) < 4.78 is 19.3. The van der Waals surface area contributed by atoms with Gasteiger partial charge < -0.3 is 18.9 Å². The SMILES string of the molecule is CCOC(=O)C1=C(c2ccccc2)N=c2s/c(=C\c3ccc(Sc4nc(C)cc(=O)[nH]4)o3)c(=O)n2[C@@H]1c1ccc(OC(C)C)cc1. The van der Waals surface area contributed by atoms with Crippen LogP contribution in [0.15, 0.2) is 108 Å². The van der Waals surface area contributed by atoms with Crippen LogP contribution in [0.4, 0.5) is 0 Å². The number of nitrogens with zero attached hydrogens (tertiary/aromatic N) is 3. The number of fused-ring (bicyclic) bond motifs is 1. The molecule has 0 amide bonds. The number of carbonyl (C=O) groups excluding carboxylic acids is 1. The fraction of sp³-hybridized carbons (Fsp3) is 0.206. The maximum absolute atomic E-state index is 14.1. The molecular weight excluding hydrogens is 625 g/mol. The Hall–Kier alpha value is -4.94. The van der Waals surface area contributed by atoms with Crippen molar-refractivity contribution in [2.24, 2.45) is 4.99 Å². The third-order valence-electron chi connectivity index (χ3n) is 6.86. The van der Waals surface area contributed by atoms with E-state index in [1.165, 1.54) is 33.7 Å². The lowest BCUT2D eigenvalue weighted by atomic mass is 9.93. The van der Waals surface area contributed by atoms with E-state index in [-0.39, 0.29) is 29.4 Å². The molecule has 2 aromatic carbocycles. The molecule has 1 aliphatic rings. The van der Waals surface area contributed by atoms with E-state index >= 15 is 0 Å². The monoisotopic (exact) mass is 654 g/mol. The van der Waals surface area contributed by atoms with Gasteiger partial charge in [-0.15, -0.1) is 0 Å². The maximum atomic E-state index is 14.1. The van der Waals surface area contributed by atoms with Crippen molar-refractivity contribution in [2.75, 3.05) is 6.61 Å². The minimum absolute atomic E-state index is 0.0147. The lowest BCUT2D eigenvalue weighted by molar-refractivity contribution is -0.138. The molecule has 12 heteroatoms. The molecule has 10 nitrogen and oxygen atoms in total. The van der Waals surface area contributed by atoms with Crippen LogP contribution in [0.3, 0.4) is 0 Å². The molecule has 0 bridgehead atoms. The van der Waals surface area contributed by atoms with Crippen molar-refractivity contribution < 1.29 is 18.7 Å². The number of benzene rings is 2. The van der Waals surface area contributed by atoms with E-state index in [1.54, 1.807) is 32.1 Å². The fourth-order valence-corrected chi connectivity index (χ4v) is 6.83. The number of H-pyrrole nitrogens is 1. The van der Waals surface area contributed by atoms with Gasteiger partial charge in [0.15, 0.2) is 15.1 Å². The molecule has 0 spiro atoms. The zero-order valence-corrected chi connectivity index (χ0v) is 27.1. The minimum atomic E-state index is -0.812. The highest BCUT2D eigenvalue weighted by molar-refractivity contribution is 7.99. The average molecular weight is 655 g/mol. The second-order valence-corrected chi connectivity index (χ2v) is 12.6. The summed E-state index contributed by atoms with van der Waals surface area (Å²) in [6.45, 7) is 7.53. The van der Waals surface area contributed by atoms with E-state index in [0.29, 0.717) is 48.0 Å². The molecule has 0 fully saturated rings. The van der Waals surface area contributed by atoms with Crippen molar-refractivity contribution in [3.05, 3.63) is 131 Å². The summed E-state index contributed by atoms with van der Waals surface area (Å²) in [6.07, 6.45) is 1.63. The van der Waals surface area contributed by atoms with Crippen molar-refractivity contribution in [3.63, 3.8) is 0 Å². The van der Waals surface area contributed by atoms with Crippen LogP contribution in [0.5, 0.6) is 5.75 Å². The quantitative estimate of drug-likeness (QED) is 0.176. The van der Waals surface area contributed by atoms with Crippen LogP contribution in [0.2, 0.25) is 0 Å². The molecular formula is C34H30N4O6S2. The van der Waals surface area contributed by atoms with Crippen LogP contribution in [0.25, 0.3) is 11.8 Å². The third kappa shape index (κ3) is 6.53. The number of rotatable bonds is 9. The van der Waals surface area contributed by atoms with Gasteiger partial charge in [0.25, 0.3) is 11.1 Å². The Morgan fingerprint density at radius 1 is 1.11 bits per heavy atom. The summed E-state index contributed by atoms with van der Waals surface area (Å²) in [7, 11) is 0. The Morgan fingerprint density at radius 2 is 1.87 bits per heavy atom. The van der Waals surface area contributed by atoms with Crippen LogP contribution >= 0.6 is 23.1 Å². The molecule has 3 aromatic heterocycles. The van der Waals surface area contributed by atoms with Gasteiger partial charge in [-0.2, -0.15) is 0 Å². The second-order valence-electron chi connectivity index (χ2n) is 10.6. The summed E-state index contributed by atoms with van der Waals surface area (Å²) in [5.74, 6) is 0.553. The molecule has 0 saturated carbocycles. The number of aromatic nitrogens is 3. The van der Waals surface area contributed by atoms with E-state index in [1.807, 2.05) is 68.4 Å². The highest BCUT2D eigenvalue weighted by Gasteiger charge is 2.35. The number of thiazole rings is 1.